The molecule has 3 rings (SSSR count). The van der Waals surface area contributed by atoms with E-state index < -0.39 is 185 Å². The van der Waals surface area contributed by atoms with Crippen LogP contribution < -0.4 is 37.2 Å². The zero-order chi connectivity index (χ0) is 82.5. The highest BCUT2D eigenvalue weighted by molar-refractivity contribution is 7.47. The molecule has 18 atom stereocenters. The van der Waals surface area contributed by atoms with E-state index in [0.717, 1.165) is 7.11 Å². The summed E-state index contributed by atoms with van der Waals surface area (Å²) in [6.07, 6.45) is -12.0. The standard InChI is InChI=1S/C68H124N7O36P/c1-44(79)72-56-62(89)59(86)50(38-76)109-66(56)105-34-31-99-22-19-96-25-28-102-41-53(83)69-15-10-7-13-47(65(92)71-17-9-5-6-12-18-108-112(93,94)95-4)37-49(82)48(75-55(85)43-104-30-27-98-21-24-101-33-36-107-68-58(74-46(3)81)64(91)61(88)52(40-78)111-68)14-8-11-16-70-54(84)42-103-29-26-97-20-23-100-32-35-106-67-57(73-45(2)80)63(90)60(87)51(39-77)110-67/h47-48,50-52,56-64,66-68,76-78,86-91H,5-43H2,1-4H3,(H,69,83)(H,70,84)(H,71,92)(H,72,79)(H,73,80)(H,74,81)(H,75,85)(H,93,94)/t47-,48+,50-,51-,52-,56-,57-,58-,59+,60+,61+,62-,63-,64-,66-,67-,68-/m1/s1. The van der Waals surface area contributed by atoms with E-state index in [-0.39, 0.29) is 178 Å². The van der Waals surface area contributed by atoms with Gasteiger partial charge >= 0.3 is 7.82 Å². The van der Waals surface area contributed by atoms with Crippen LogP contribution in [0.1, 0.15) is 91.4 Å². The smallest absolute Gasteiger partial charge is 0.394 e. The van der Waals surface area contributed by atoms with Gasteiger partial charge in [0.2, 0.25) is 41.4 Å². The lowest BCUT2D eigenvalue weighted by Crippen LogP contribution is -2.64. The van der Waals surface area contributed by atoms with E-state index in [4.69, 9.17) is 75.6 Å². The fraction of sp³-hybridized carbons (Fsp3) is 0.882. The van der Waals surface area contributed by atoms with Crippen LogP contribution in [0.25, 0.3) is 0 Å². The number of carbonyl (C=O) groups excluding carboxylic acids is 8. The van der Waals surface area contributed by atoms with Gasteiger partial charge in [0.05, 0.1) is 151 Å². The summed E-state index contributed by atoms with van der Waals surface area (Å²) >= 11 is 0. The van der Waals surface area contributed by atoms with Crippen molar-refractivity contribution in [2.45, 2.75) is 189 Å². The van der Waals surface area contributed by atoms with Crippen molar-refractivity contribution in [1.82, 2.24) is 37.2 Å². The maximum Gasteiger partial charge on any atom is 0.471 e. The van der Waals surface area contributed by atoms with E-state index in [9.17, 15) is 93.8 Å². The molecule has 44 heteroatoms. The Morgan fingerprint density at radius 2 is 0.714 bits per heavy atom. The number of hydrogen-bond donors (Lipinski definition) is 17. The summed E-state index contributed by atoms with van der Waals surface area (Å²) in [6.45, 7) is 2.82. The average molecular weight is 1650 g/mol. The monoisotopic (exact) mass is 1650 g/mol. The largest absolute Gasteiger partial charge is 0.471 e. The van der Waals surface area contributed by atoms with Gasteiger partial charge in [0, 0.05) is 59.9 Å². The van der Waals surface area contributed by atoms with Crippen LogP contribution in [-0.4, -0.2) is 388 Å². The van der Waals surface area contributed by atoms with Crippen LogP contribution in [-0.2, 0) is 123 Å². The van der Waals surface area contributed by atoms with Gasteiger partial charge in [-0.3, -0.25) is 47.4 Å². The van der Waals surface area contributed by atoms with Crippen LogP contribution in [0.4, 0.5) is 0 Å². The molecule has 0 spiro atoms. The van der Waals surface area contributed by atoms with Gasteiger partial charge in [-0.2, -0.15) is 0 Å². The molecule has 17 N–H and O–H groups in total. The number of nitrogens with one attached hydrogen (secondary N) is 7. The number of Topliss-reactive ketones (excluding diaryl/α,β-unsaturated/α-hetero) is 1. The summed E-state index contributed by atoms with van der Waals surface area (Å²) in [5, 5.41) is 109. The SMILES string of the molecule is COP(=O)(O)OCCCCCCNC(=O)[C@H](CCCCNC(=O)COCCOCCOCCO[C@@H]1O[C@H](CO)[C@H](O)[C@H](O)[C@H]1NC(C)=O)CC(=O)[C@H](CCCCNC(=O)COCCOCCOCCO[C@@H]1O[C@H](CO)[C@H](O)[C@H](O)[C@H]1NC(C)=O)NC(=O)COCCOCCOCCO[C@@H]1O[C@H](CO)[C@H](O)[C@H](O)[C@H]1NC(C)=O. The maximum absolute atomic E-state index is 14.3. The van der Waals surface area contributed by atoms with Gasteiger partial charge in [0.15, 0.2) is 24.7 Å². The molecule has 7 amide bonds. The van der Waals surface area contributed by atoms with Crippen LogP contribution in [0, 0.1) is 5.92 Å². The minimum atomic E-state index is -4.13. The van der Waals surface area contributed by atoms with E-state index in [1.165, 1.54) is 20.8 Å². The minimum Gasteiger partial charge on any atom is -0.394 e. The Morgan fingerprint density at radius 1 is 0.393 bits per heavy atom. The van der Waals surface area contributed by atoms with Crippen molar-refractivity contribution in [2.75, 3.05) is 192 Å². The zero-order valence-corrected chi connectivity index (χ0v) is 65.3. The summed E-state index contributed by atoms with van der Waals surface area (Å²) < 4.78 is 104. The highest BCUT2D eigenvalue weighted by atomic mass is 31.2. The van der Waals surface area contributed by atoms with Gasteiger partial charge in [0.25, 0.3) is 0 Å². The molecule has 3 aliphatic heterocycles. The normalized spacial score (nSPS) is 24.9. The molecule has 652 valence electrons. The van der Waals surface area contributed by atoms with Gasteiger partial charge in [-0.25, -0.2) is 4.57 Å². The predicted molar refractivity (Wildman–Crippen MR) is 384 cm³/mol. The molecule has 0 aromatic rings. The number of phosphoric acid groups is 1. The topological polar surface area (TPSA) is 597 Å². The number of amides is 7. The van der Waals surface area contributed by atoms with Gasteiger partial charge in [0.1, 0.15) is 92.9 Å². The Bertz CT molecular complexity index is 2660. The molecule has 112 heavy (non-hydrogen) atoms. The van der Waals surface area contributed by atoms with Crippen molar-refractivity contribution >= 4 is 55.0 Å². The molecule has 3 heterocycles. The first kappa shape index (κ1) is 101. The number of hydrogen-bond acceptors (Lipinski definition) is 35. The van der Waals surface area contributed by atoms with Crippen LogP contribution in [0.15, 0.2) is 0 Å². The third-order valence-electron chi connectivity index (χ3n) is 17.2. The fourth-order valence-electron chi connectivity index (χ4n) is 11.3. The van der Waals surface area contributed by atoms with Crippen LogP contribution in [0.3, 0.4) is 0 Å². The number of ether oxygens (including phenoxy) is 15. The van der Waals surface area contributed by atoms with Crippen LogP contribution >= 0.6 is 7.82 Å². The molecule has 0 radical (unpaired) electrons. The van der Waals surface area contributed by atoms with Gasteiger partial charge < -0.3 is 159 Å². The quantitative estimate of drug-likeness (QED) is 0.0199. The summed E-state index contributed by atoms with van der Waals surface area (Å²) in [7, 11) is -3.07. The number of rotatable bonds is 66. The first-order chi connectivity index (χ1) is 53.8. The van der Waals surface area contributed by atoms with Crippen molar-refractivity contribution in [3.63, 3.8) is 0 Å². The van der Waals surface area contributed by atoms with Crippen molar-refractivity contribution in [3.05, 3.63) is 0 Å². The third kappa shape index (κ3) is 43.4. The first-order valence-corrected chi connectivity index (χ1v) is 39.2. The van der Waals surface area contributed by atoms with E-state index in [1.807, 2.05) is 0 Å². The number of unbranched alkanes of at least 4 members (excludes halogenated alkanes) is 5. The number of aliphatic hydroxyl groups excluding tert-OH is 9. The predicted octanol–water partition coefficient (Wildman–Crippen LogP) is -6.91. The molecule has 3 saturated heterocycles. The summed E-state index contributed by atoms with van der Waals surface area (Å²) in [4.78, 5) is 112. The molecule has 0 aliphatic carbocycles. The second-order valence-electron chi connectivity index (χ2n) is 26.1. The Hall–Kier alpha value is -4.89. The lowest BCUT2D eigenvalue weighted by molar-refractivity contribution is -0.272. The van der Waals surface area contributed by atoms with Gasteiger partial charge in [-0.05, 0) is 44.9 Å². The maximum atomic E-state index is 14.3. The third-order valence-corrected chi connectivity index (χ3v) is 18.1. The van der Waals surface area contributed by atoms with Crippen molar-refractivity contribution in [2.24, 2.45) is 5.92 Å². The van der Waals surface area contributed by atoms with E-state index in [2.05, 4.69) is 41.7 Å². The fourth-order valence-corrected chi connectivity index (χ4v) is 11.8. The lowest BCUT2D eigenvalue weighted by atomic mass is 9.91. The van der Waals surface area contributed by atoms with Gasteiger partial charge in [-0.1, -0.05) is 19.3 Å². The van der Waals surface area contributed by atoms with E-state index >= 15 is 0 Å². The van der Waals surface area contributed by atoms with Crippen LogP contribution in [0.2, 0.25) is 0 Å². The number of carbonyl (C=O) groups is 8. The second kappa shape index (κ2) is 60.6. The minimum absolute atomic E-state index is 0.0195. The summed E-state index contributed by atoms with van der Waals surface area (Å²) in [6, 6.07) is -4.40. The van der Waals surface area contributed by atoms with Crippen molar-refractivity contribution in [3.8, 4) is 0 Å². The number of aliphatic hydroxyl groups is 9. The Kier molecular flexibility index (Phi) is 54.8. The molecular formula is C68H124N7O36P. The highest BCUT2D eigenvalue weighted by Crippen LogP contribution is 2.42. The molecule has 0 saturated carbocycles. The molecule has 0 aromatic heterocycles. The summed E-state index contributed by atoms with van der Waals surface area (Å²) in [5.74, 6) is -4.71. The van der Waals surface area contributed by atoms with E-state index in [1.54, 1.807) is 0 Å². The Labute approximate surface area is 651 Å². The zero-order valence-electron chi connectivity index (χ0n) is 64.4. The number of ketones is 1. The molecular weight excluding hydrogens is 1520 g/mol. The first-order valence-electron chi connectivity index (χ1n) is 37.7. The molecule has 43 nitrogen and oxygen atoms in total. The highest BCUT2D eigenvalue weighted by Gasteiger charge is 2.48. The molecule has 1 unspecified atom stereocenters. The molecule has 3 fully saturated rings. The molecule has 0 aromatic carbocycles. The lowest BCUT2D eigenvalue weighted by Gasteiger charge is -2.42. The summed E-state index contributed by atoms with van der Waals surface area (Å²) in [5.41, 5.74) is 0. The molecule has 0 bridgehead atoms. The number of phosphoric ester groups is 1. The second-order valence-corrected chi connectivity index (χ2v) is 27.7. The average Bonchev–Trinajstić information content (AvgIpc) is 0.821. The molecule has 3 aliphatic rings. The Morgan fingerprint density at radius 3 is 1.07 bits per heavy atom. The van der Waals surface area contributed by atoms with Gasteiger partial charge in [-0.15, -0.1) is 0 Å². The van der Waals surface area contributed by atoms with E-state index in [0.29, 0.717) is 51.4 Å². The van der Waals surface area contributed by atoms with Crippen molar-refractivity contribution < 1.29 is 174 Å². The van der Waals surface area contributed by atoms with Crippen LogP contribution in [0.5, 0.6) is 0 Å². The Balaban J connectivity index is 1.49. The van der Waals surface area contributed by atoms with Crippen molar-refractivity contribution in [1.29, 1.82) is 0 Å².